The minimum absolute atomic E-state index is 0.000334. The lowest BCUT2D eigenvalue weighted by Gasteiger charge is -2.33. The molecule has 2 aliphatic heterocycles. The van der Waals surface area contributed by atoms with Gasteiger partial charge in [0.2, 0.25) is 0 Å². The van der Waals surface area contributed by atoms with Gasteiger partial charge in [-0.1, -0.05) is 60.7 Å². The fourth-order valence-corrected chi connectivity index (χ4v) is 5.28. The zero-order valence-corrected chi connectivity index (χ0v) is 21.0. The standard InChI is InChI=1S/C30H37N5O/c36-30(33-28-14-19-35(20-15-28)23-25-9-5-2-6-10-25)26-11-16-31-29(21-26)32-27-12-17-34(18-13-27)22-24-7-3-1-4-8-24/h1-11,16,21,27-28H,12-15,17-20,22-23H2,(H,31,32)(H,33,36). The molecule has 0 unspecified atom stereocenters. The van der Waals surface area contributed by atoms with Gasteiger partial charge in [0, 0.05) is 63.1 Å². The molecule has 1 amide bonds. The smallest absolute Gasteiger partial charge is 0.251 e. The van der Waals surface area contributed by atoms with Crippen LogP contribution in [-0.2, 0) is 13.1 Å². The van der Waals surface area contributed by atoms with E-state index in [1.165, 1.54) is 11.1 Å². The first-order valence-electron chi connectivity index (χ1n) is 13.3. The lowest BCUT2D eigenvalue weighted by Crippen LogP contribution is -2.44. The van der Waals surface area contributed by atoms with Crippen LogP contribution in [0.5, 0.6) is 0 Å². The number of anilines is 1. The number of nitrogens with one attached hydrogen (secondary N) is 2. The van der Waals surface area contributed by atoms with Crippen LogP contribution in [0.4, 0.5) is 5.82 Å². The van der Waals surface area contributed by atoms with Crippen LogP contribution in [0.3, 0.4) is 0 Å². The van der Waals surface area contributed by atoms with Crippen molar-refractivity contribution >= 4 is 11.7 Å². The predicted molar refractivity (Wildman–Crippen MR) is 145 cm³/mol. The summed E-state index contributed by atoms with van der Waals surface area (Å²) in [5.41, 5.74) is 3.39. The summed E-state index contributed by atoms with van der Waals surface area (Å²) in [7, 11) is 0. The summed E-state index contributed by atoms with van der Waals surface area (Å²) in [5.74, 6) is 0.793. The van der Waals surface area contributed by atoms with Crippen LogP contribution in [0.2, 0.25) is 0 Å². The van der Waals surface area contributed by atoms with Gasteiger partial charge in [0.1, 0.15) is 5.82 Å². The number of hydrogen-bond donors (Lipinski definition) is 2. The molecule has 2 aliphatic rings. The largest absolute Gasteiger partial charge is 0.367 e. The number of hydrogen-bond acceptors (Lipinski definition) is 5. The normalized spacial score (nSPS) is 18.1. The van der Waals surface area contributed by atoms with E-state index in [0.29, 0.717) is 11.6 Å². The Morgan fingerprint density at radius 3 is 1.83 bits per heavy atom. The number of piperidine rings is 2. The Bertz CT molecular complexity index is 1090. The van der Waals surface area contributed by atoms with Crippen molar-refractivity contribution in [2.24, 2.45) is 0 Å². The molecule has 3 heterocycles. The Labute approximate surface area is 214 Å². The molecule has 2 aromatic carbocycles. The first-order valence-corrected chi connectivity index (χ1v) is 13.3. The summed E-state index contributed by atoms with van der Waals surface area (Å²) >= 11 is 0. The van der Waals surface area contributed by atoms with Gasteiger partial charge in [-0.3, -0.25) is 14.6 Å². The Morgan fingerprint density at radius 2 is 1.28 bits per heavy atom. The third kappa shape index (κ3) is 6.93. The number of likely N-dealkylation sites (tertiary alicyclic amines) is 2. The van der Waals surface area contributed by atoms with Gasteiger partial charge in [0.15, 0.2) is 0 Å². The average Bonchev–Trinajstić information content (AvgIpc) is 2.92. The Hall–Kier alpha value is -3.22. The second-order valence-electron chi connectivity index (χ2n) is 10.1. The van der Waals surface area contributed by atoms with Crippen molar-refractivity contribution in [1.82, 2.24) is 20.1 Å². The fourth-order valence-electron chi connectivity index (χ4n) is 5.28. The highest BCUT2D eigenvalue weighted by molar-refractivity contribution is 5.95. The first-order chi connectivity index (χ1) is 17.7. The second-order valence-corrected chi connectivity index (χ2v) is 10.1. The lowest BCUT2D eigenvalue weighted by atomic mass is 10.0. The van der Waals surface area contributed by atoms with E-state index in [2.05, 4.69) is 86.1 Å². The van der Waals surface area contributed by atoms with Gasteiger partial charge >= 0.3 is 0 Å². The van der Waals surface area contributed by atoms with E-state index in [9.17, 15) is 4.79 Å². The quantitative estimate of drug-likeness (QED) is 0.492. The van der Waals surface area contributed by atoms with E-state index >= 15 is 0 Å². The third-order valence-corrected chi connectivity index (χ3v) is 7.38. The number of carbonyl (C=O) groups is 1. The number of rotatable bonds is 8. The van der Waals surface area contributed by atoms with Gasteiger partial charge in [0.25, 0.3) is 5.91 Å². The molecule has 2 fully saturated rings. The average molecular weight is 484 g/mol. The minimum Gasteiger partial charge on any atom is -0.367 e. The summed E-state index contributed by atoms with van der Waals surface area (Å²) in [6.45, 7) is 6.13. The molecule has 5 rings (SSSR count). The van der Waals surface area contributed by atoms with Gasteiger partial charge in [-0.2, -0.15) is 0 Å². The number of amides is 1. The van der Waals surface area contributed by atoms with Crippen LogP contribution in [0.1, 0.15) is 47.2 Å². The van der Waals surface area contributed by atoms with Crippen molar-refractivity contribution in [2.45, 2.75) is 50.9 Å². The summed E-state index contributed by atoms with van der Waals surface area (Å²) < 4.78 is 0. The van der Waals surface area contributed by atoms with Gasteiger partial charge in [-0.05, 0) is 48.9 Å². The Kier molecular flexibility index (Phi) is 8.26. The summed E-state index contributed by atoms with van der Waals surface area (Å²) in [5, 5.41) is 6.82. The third-order valence-electron chi connectivity index (χ3n) is 7.38. The molecular formula is C30H37N5O. The van der Waals surface area contributed by atoms with Crippen molar-refractivity contribution in [2.75, 3.05) is 31.5 Å². The Morgan fingerprint density at radius 1 is 0.750 bits per heavy atom. The molecule has 6 nitrogen and oxygen atoms in total. The van der Waals surface area contributed by atoms with Crippen LogP contribution in [-0.4, -0.2) is 59.0 Å². The number of carbonyl (C=O) groups excluding carboxylic acids is 1. The maximum Gasteiger partial charge on any atom is 0.251 e. The van der Waals surface area contributed by atoms with Crippen molar-refractivity contribution in [3.63, 3.8) is 0 Å². The molecule has 2 saturated heterocycles. The van der Waals surface area contributed by atoms with Crippen molar-refractivity contribution < 1.29 is 4.79 Å². The van der Waals surface area contributed by atoms with Gasteiger partial charge < -0.3 is 10.6 Å². The molecule has 2 N–H and O–H groups in total. The van der Waals surface area contributed by atoms with E-state index in [0.717, 1.165) is 70.8 Å². The monoisotopic (exact) mass is 483 g/mol. The maximum absolute atomic E-state index is 13.0. The highest BCUT2D eigenvalue weighted by Gasteiger charge is 2.22. The predicted octanol–water partition coefficient (Wildman–Crippen LogP) is 4.55. The molecule has 6 heteroatoms. The molecule has 188 valence electrons. The van der Waals surface area contributed by atoms with Gasteiger partial charge in [-0.25, -0.2) is 4.98 Å². The van der Waals surface area contributed by atoms with Crippen LogP contribution in [0.15, 0.2) is 79.0 Å². The van der Waals surface area contributed by atoms with Crippen LogP contribution in [0.25, 0.3) is 0 Å². The summed E-state index contributed by atoms with van der Waals surface area (Å²) in [4.78, 5) is 22.4. The highest BCUT2D eigenvalue weighted by Crippen LogP contribution is 2.19. The van der Waals surface area contributed by atoms with Gasteiger partial charge in [0.05, 0.1) is 0 Å². The lowest BCUT2D eigenvalue weighted by molar-refractivity contribution is 0.0909. The highest BCUT2D eigenvalue weighted by atomic mass is 16.1. The SMILES string of the molecule is O=C(NC1CCN(Cc2ccccc2)CC1)c1ccnc(NC2CCN(Cc3ccccc3)CC2)c1. The van der Waals surface area contributed by atoms with Crippen LogP contribution < -0.4 is 10.6 Å². The molecule has 36 heavy (non-hydrogen) atoms. The van der Waals surface area contributed by atoms with E-state index in [-0.39, 0.29) is 11.9 Å². The molecule has 0 saturated carbocycles. The van der Waals surface area contributed by atoms with Gasteiger partial charge in [-0.15, -0.1) is 0 Å². The zero-order chi connectivity index (χ0) is 24.6. The molecule has 0 bridgehead atoms. The summed E-state index contributed by atoms with van der Waals surface area (Å²) in [6, 6.07) is 25.6. The van der Waals surface area contributed by atoms with E-state index in [1.807, 2.05) is 12.1 Å². The number of benzene rings is 2. The molecule has 0 aliphatic carbocycles. The zero-order valence-electron chi connectivity index (χ0n) is 21.0. The topological polar surface area (TPSA) is 60.5 Å². The molecule has 0 atom stereocenters. The number of pyridine rings is 1. The molecular weight excluding hydrogens is 446 g/mol. The minimum atomic E-state index is -0.000334. The molecule has 0 spiro atoms. The fraction of sp³-hybridized carbons (Fsp3) is 0.400. The van der Waals surface area contributed by atoms with E-state index in [4.69, 9.17) is 0 Å². The van der Waals surface area contributed by atoms with Crippen molar-refractivity contribution in [3.05, 3.63) is 95.7 Å². The molecule has 1 aromatic heterocycles. The molecule has 0 radical (unpaired) electrons. The summed E-state index contributed by atoms with van der Waals surface area (Å²) in [6.07, 6.45) is 5.86. The van der Waals surface area contributed by atoms with E-state index in [1.54, 1.807) is 6.20 Å². The first kappa shape index (κ1) is 24.5. The maximum atomic E-state index is 13.0. The van der Waals surface area contributed by atoms with Crippen LogP contribution in [0, 0.1) is 0 Å². The van der Waals surface area contributed by atoms with E-state index < -0.39 is 0 Å². The van der Waals surface area contributed by atoms with Crippen molar-refractivity contribution in [1.29, 1.82) is 0 Å². The second kappa shape index (κ2) is 12.2. The van der Waals surface area contributed by atoms with Crippen LogP contribution >= 0.6 is 0 Å². The number of nitrogens with zero attached hydrogens (tertiary/aromatic N) is 3. The van der Waals surface area contributed by atoms with Crippen molar-refractivity contribution in [3.8, 4) is 0 Å². The Balaban J connectivity index is 1.06. The number of aromatic nitrogens is 1. The molecule has 3 aromatic rings.